The third-order valence-corrected chi connectivity index (χ3v) is 3.09. The number of carbonyl (C=O) groups excluding carboxylic acids is 1. The highest BCUT2D eigenvalue weighted by atomic mass is 16.5. The van der Waals surface area contributed by atoms with Crippen LogP contribution in [-0.2, 0) is 9.53 Å². The minimum Gasteiger partial charge on any atom is -0.456 e. The molecule has 0 saturated carbocycles. The second-order valence-corrected chi connectivity index (χ2v) is 4.38. The third-order valence-electron chi connectivity index (χ3n) is 3.09. The number of fused-ring (bicyclic) bond motifs is 2. The van der Waals surface area contributed by atoms with Crippen molar-refractivity contribution in [2.75, 3.05) is 11.9 Å². The summed E-state index contributed by atoms with van der Waals surface area (Å²) in [6, 6.07) is 7.92. The summed E-state index contributed by atoms with van der Waals surface area (Å²) >= 11 is 0. The van der Waals surface area contributed by atoms with E-state index in [4.69, 9.17) is 4.74 Å². The van der Waals surface area contributed by atoms with E-state index in [1.54, 1.807) is 0 Å². The van der Waals surface area contributed by atoms with Gasteiger partial charge in [-0.2, -0.15) is 0 Å². The Morgan fingerprint density at radius 1 is 1.39 bits per heavy atom. The zero-order chi connectivity index (χ0) is 12.5. The number of cyclic esters (lactones) is 1. The predicted molar refractivity (Wildman–Crippen MR) is 70.3 cm³/mol. The third kappa shape index (κ3) is 1.70. The number of nitrogens with zero attached hydrogens (tertiary/aromatic N) is 1. The molecule has 1 aromatic carbocycles. The fraction of sp³-hybridized carbons (Fsp3) is 0.286. The van der Waals surface area contributed by atoms with Gasteiger partial charge in [0.25, 0.3) is 0 Å². The summed E-state index contributed by atoms with van der Waals surface area (Å²) in [7, 11) is 0. The molecule has 2 aliphatic heterocycles. The normalized spacial score (nSPS) is 17.4. The van der Waals surface area contributed by atoms with Gasteiger partial charge in [-0.3, -0.25) is 0 Å². The molecule has 1 N–H and O–H groups in total. The Hall–Kier alpha value is -2.10. The van der Waals surface area contributed by atoms with Crippen LogP contribution in [0.5, 0.6) is 0 Å². The second-order valence-electron chi connectivity index (χ2n) is 4.38. The van der Waals surface area contributed by atoms with Crippen LogP contribution in [0.4, 0.5) is 5.69 Å². The van der Waals surface area contributed by atoms with Crippen LogP contribution in [-0.4, -0.2) is 18.4 Å². The first-order valence-electron chi connectivity index (χ1n) is 6.14. The molecule has 18 heavy (non-hydrogen) atoms. The summed E-state index contributed by atoms with van der Waals surface area (Å²) in [5, 5.41) is 3.31. The van der Waals surface area contributed by atoms with E-state index in [0.717, 1.165) is 35.5 Å². The van der Waals surface area contributed by atoms with Crippen LogP contribution in [0.2, 0.25) is 0 Å². The molecule has 4 heteroatoms. The maximum absolute atomic E-state index is 11.7. The standard InChI is InChI=1S/C14H14N2O2/c1-2-5-12-15-11-7-4-3-6-9(11)10-8-18-14(17)13(10)16-12/h3-4,6-7H,2,5,8H2,1H3,(H,15,16). The van der Waals surface area contributed by atoms with Crippen molar-refractivity contribution in [3.63, 3.8) is 0 Å². The summed E-state index contributed by atoms with van der Waals surface area (Å²) in [5.74, 6) is 0.505. The van der Waals surface area contributed by atoms with Gasteiger partial charge in [0.1, 0.15) is 12.4 Å². The molecule has 0 fully saturated rings. The molecule has 0 bridgehead atoms. The van der Waals surface area contributed by atoms with Crippen LogP contribution in [0.15, 0.2) is 35.0 Å². The number of rotatable bonds is 2. The van der Waals surface area contributed by atoms with Crippen molar-refractivity contribution in [3.05, 3.63) is 35.5 Å². The van der Waals surface area contributed by atoms with Crippen molar-refractivity contribution in [1.82, 2.24) is 0 Å². The molecule has 0 unspecified atom stereocenters. The molecule has 2 heterocycles. The van der Waals surface area contributed by atoms with E-state index in [0.29, 0.717) is 12.3 Å². The summed E-state index contributed by atoms with van der Waals surface area (Å²) < 4.78 is 5.09. The Labute approximate surface area is 105 Å². The Kier molecular flexibility index (Phi) is 2.63. The maximum Gasteiger partial charge on any atom is 0.357 e. The van der Waals surface area contributed by atoms with E-state index in [1.807, 2.05) is 24.3 Å². The Bertz CT molecular complexity index is 573. The minimum atomic E-state index is -0.322. The molecule has 2 aliphatic rings. The van der Waals surface area contributed by atoms with E-state index in [-0.39, 0.29) is 5.97 Å². The number of nitrogens with one attached hydrogen (secondary N) is 1. The molecular formula is C14H14N2O2. The van der Waals surface area contributed by atoms with Gasteiger partial charge in [-0.25, -0.2) is 9.79 Å². The molecule has 0 radical (unpaired) electrons. The minimum absolute atomic E-state index is 0.315. The first-order valence-corrected chi connectivity index (χ1v) is 6.14. The van der Waals surface area contributed by atoms with Gasteiger partial charge in [-0.1, -0.05) is 25.1 Å². The highest BCUT2D eigenvalue weighted by molar-refractivity contribution is 6.10. The fourth-order valence-electron chi connectivity index (χ4n) is 2.24. The molecule has 1 aromatic rings. The van der Waals surface area contributed by atoms with E-state index in [1.165, 1.54) is 0 Å². The molecule has 0 saturated heterocycles. The average Bonchev–Trinajstić information content (AvgIpc) is 2.65. The SMILES string of the molecule is CCCC1=NC2=C(COC2=O)c2ccccc2N1. The zero-order valence-electron chi connectivity index (χ0n) is 10.2. The van der Waals surface area contributed by atoms with Crippen LogP contribution in [0, 0.1) is 0 Å². The van der Waals surface area contributed by atoms with Gasteiger partial charge in [0.05, 0.1) is 0 Å². The van der Waals surface area contributed by atoms with Crippen molar-refractivity contribution >= 4 is 23.1 Å². The van der Waals surface area contributed by atoms with Gasteiger partial charge in [0.2, 0.25) is 0 Å². The van der Waals surface area contributed by atoms with Gasteiger partial charge in [-0.05, 0) is 12.5 Å². The quantitative estimate of drug-likeness (QED) is 0.811. The highest BCUT2D eigenvalue weighted by Gasteiger charge is 2.29. The fourth-order valence-corrected chi connectivity index (χ4v) is 2.24. The molecule has 3 rings (SSSR count). The van der Waals surface area contributed by atoms with Crippen molar-refractivity contribution in [2.45, 2.75) is 19.8 Å². The van der Waals surface area contributed by atoms with Crippen LogP contribution in [0.3, 0.4) is 0 Å². The number of anilines is 1. The lowest BCUT2D eigenvalue weighted by Gasteiger charge is -2.11. The largest absolute Gasteiger partial charge is 0.456 e. The van der Waals surface area contributed by atoms with Gasteiger partial charge in [0.15, 0.2) is 5.70 Å². The lowest BCUT2D eigenvalue weighted by Crippen LogP contribution is -2.13. The van der Waals surface area contributed by atoms with Gasteiger partial charge in [-0.15, -0.1) is 0 Å². The average molecular weight is 242 g/mol. The van der Waals surface area contributed by atoms with Crippen molar-refractivity contribution < 1.29 is 9.53 Å². The molecule has 0 amide bonds. The summed E-state index contributed by atoms with van der Waals surface area (Å²) in [6.07, 6.45) is 1.80. The maximum atomic E-state index is 11.7. The smallest absolute Gasteiger partial charge is 0.357 e. The predicted octanol–water partition coefficient (Wildman–Crippen LogP) is 2.58. The monoisotopic (exact) mass is 242 g/mol. The number of esters is 1. The molecule has 0 spiro atoms. The highest BCUT2D eigenvalue weighted by Crippen LogP contribution is 2.34. The number of aliphatic imine (C=N–C) groups is 1. The molecule has 92 valence electrons. The molecule has 0 aromatic heterocycles. The Balaban J connectivity index is 2.16. The lowest BCUT2D eigenvalue weighted by atomic mass is 10.0. The Morgan fingerprint density at radius 2 is 2.22 bits per heavy atom. The summed E-state index contributed by atoms with van der Waals surface area (Å²) in [6.45, 7) is 2.40. The molecule has 4 nitrogen and oxygen atoms in total. The zero-order valence-corrected chi connectivity index (χ0v) is 10.2. The van der Waals surface area contributed by atoms with Crippen molar-refractivity contribution in [1.29, 1.82) is 0 Å². The van der Waals surface area contributed by atoms with Crippen LogP contribution in [0.25, 0.3) is 5.57 Å². The number of ether oxygens (including phenoxy) is 1. The van der Waals surface area contributed by atoms with Crippen molar-refractivity contribution in [2.24, 2.45) is 4.99 Å². The van der Waals surface area contributed by atoms with Crippen molar-refractivity contribution in [3.8, 4) is 0 Å². The van der Waals surface area contributed by atoms with Gasteiger partial charge >= 0.3 is 5.97 Å². The van der Waals surface area contributed by atoms with Crippen LogP contribution in [0.1, 0.15) is 25.3 Å². The topological polar surface area (TPSA) is 50.7 Å². The molecule has 0 atom stereocenters. The van der Waals surface area contributed by atoms with Gasteiger partial charge in [0, 0.05) is 23.2 Å². The number of hydrogen-bond acceptors (Lipinski definition) is 4. The van der Waals surface area contributed by atoms with E-state index >= 15 is 0 Å². The number of hydrogen-bond donors (Lipinski definition) is 1. The summed E-state index contributed by atoms with van der Waals surface area (Å²) in [4.78, 5) is 16.1. The van der Waals surface area contributed by atoms with Gasteiger partial charge < -0.3 is 10.1 Å². The lowest BCUT2D eigenvalue weighted by molar-refractivity contribution is -0.135. The molecule has 0 aliphatic carbocycles. The first kappa shape index (κ1) is 11.0. The summed E-state index contributed by atoms with van der Waals surface area (Å²) in [5.41, 5.74) is 3.34. The van der Waals surface area contributed by atoms with Crippen LogP contribution < -0.4 is 5.32 Å². The Morgan fingerprint density at radius 3 is 3.06 bits per heavy atom. The van der Waals surface area contributed by atoms with E-state index in [2.05, 4.69) is 17.2 Å². The van der Waals surface area contributed by atoms with E-state index in [9.17, 15) is 4.79 Å². The second kappa shape index (κ2) is 4.29. The number of amidine groups is 1. The van der Waals surface area contributed by atoms with E-state index < -0.39 is 0 Å². The number of carbonyl (C=O) groups is 1. The molecular weight excluding hydrogens is 228 g/mol. The van der Waals surface area contributed by atoms with Crippen LogP contribution >= 0.6 is 0 Å². The number of para-hydroxylation sites is 1. The number of benzene rings is 1. The first-order chi connectivity index (χ1) is 8.79.